The van der Waals surface area contributed by atoms with Crippen LogP contribution in [0.25, 0.3) is 5.69 Å². The van der Waals surface area contributed by atoms with Gasteiger partial charge in [0.1, 0.15) is 6.07 Å². The Labute approximate surface area is 202 Å². The van der Waals surface area contributed by atoms with Crippen molar-refractivity contribution in [1.82, 2.24) is 19.7 Å². The SMILES string of the molecule is CC(Sc1nnc(CN2CCCCC2)n1-c1ccccc1)C(=O)Nc1ccc(C#N)c(Cl)c1. The quantitative estimate of drug-likeness (QED) is 0.484. The Hall–Kier alpha value is -2.86. The first-order valence-electron chi connectivity index (χ1n) is 10.9. The molecule has 1 aliphatic rings. The van der Waals surface area contributed by atoms with E-state index >= 15 is 0 Å². The molecule has 0 radical (unpaired) electrons. The molecular weight excluding hydrogens is 456 g/mol. The average molecular weight is 481 g/mol. The molecule has 0 saturated carbocycles. The van der Waals surface area contributed by atoms with E-state index in [2.05, 4.69) is 20.4 Å². The minimum atomic E-state index is -0.422. The minimum absolute atomic E-state index is 0.180. The number of nitrogens with one attached hydrogen (secondary N) is 1. The maximum absolute atomic E-state index is 12.8. The Bertz CT molecular complexity index is 1150. The number of likely N-dealkylation sites (tertiary alicyclic amines) is 1. The zero-order chi connectivity index (χ0) is 23.2. The predicted octanol–water partition coefficient (Wildman–Crippen LogP) is 4.90. The third-order valence-electron chi connectivity index (χ3n) is 5.54. The van der Waals surface area contributed by atoms with Gasteiger partial charge in [-0.1, -0.05) is 48.0 Å². The summed E-state index contributed by atoms with van der Waals surface area (Å²) in [5, 5.41) is 21.4. The number of carbonyl (C=O) groups excluding carboxylic acids is 1. The number of carbonyl (C=O) groups is 1. The number of nitriles is 1. The van der Waals surface area contributed by atoms with Gasteiger partial charge in [-0.05, 0) is 63.2 Å². The molecule has 2 aromatic carbocycles. The zero-order valence-electron chi connectivity index (χ0n) is 18.4. The number of piperidine rings is 1. The maximum Gasteiger partial charge on any atom is 0.237 e. The van der Waals surface area contributed by atoms with Crippen LogP contribution in [0.15, 0.2) is 53.7 Å². The van der Waals surface area contributed by atoms with Crippen molar-refractivity contribution in [1.29, 1.82) is 5.26 Å². The number of halogens is 1. The van der Waals surface area contributed by atoms with E-state index in [1.54, 1.807) is 18.2 Å². The van der Waals surface area contributed by atoms with Gasteiger partial charge in [-0.25, -0.2) is 0 Å². The van der Waals surface area contributed by atoms with E-state index in [4.69, 9.17) is 16.9 Å². The van der Waals surface area contributed by atoms with E-state index in [1.807, 2.05) is 47.9 Å². The van der Waals surface area contributed by atoms with Crippen LogP contribution in [-0.4, -0.2) is 43.9 Å². The topological polar surface area (TPSA) is 86.8 Å². The summed E-state index contributed by atoms with van der Waals surface area (Å²) in [4.78, 5) is 15.3. The smallest absolute Gasteiger partial charge is 0.237 e. The lowest BCUT2D eigenvalue weighted by atomic mass is 10.1. The monoisotopic (exact) mass is 480 g/mol. The minimum Gasteiger partial charge on any atom is -0.325 e. The molecule has 0 aliphatic carbocycles. The van der Waals surface area contributed by atoms with E-state index in [9.17, 15) is 4.79 Å². The molecule has 170 valence electrons. The molecule has 0 bridgehead atoms. The summed E-state index contributed by atoms with van der Waals surface area (Å²) < 4.78 is 2.04. The molecule has 1 fully saturated rings. The van der Waals surface area contributed by atoms with Gasteiger partial charge in [-0.2, -0.15) is 5.26 Å². The molecule has 1 aromatic heterocycles. The third-order valence-corrected chi connectivity index (χ3v) is 6.89. The van der Waals surface area contributed by atoms with Crippen LogP contribution in [0, 0.1) is 11.3 Å². The highest BCUT2D eigenvalue weighted by atomic mass is 35.5. The Kier molecular flexibility index (Phi) is 7.65. The van der Waals surface area contributed by atoms with Crippen LogP contribution < -0.4 is 5.32 Å². The van der Waals surface area contributed by atoms with Gasteiger partial charge in [0, 0.05) is 11.4 Å². The summed E-state index contributed by atoms with van der Waals surface area (Å²) in [5.41, 5.74) is 1.89. The normalized spacial score (nSPS) is 15.1. The highest BCUT2D eigenvalue weighted by molar-refractivity contribution is 8.00. The highest BCUT2D eigenvalue weighted by Gasteiger charge is 2.23. The fourth-order valence-electron chi connectivity index (χ4n) is 3.77. The van der Waals surface area contributed by atoms with Gasteiger partial charge in [0.2, 0.25) is 5.91 Å². The van der Waals surface area contributed by atoms with Crippen molar-refractivity contribution >= 4 is 35.0 Å². The van der Waals surface area contributed by atoms with Gasteiger partial charge in [0.25, 0.3) is 0 Å². The molecule has 3 aromatic rings. The van der Waals surface area contributed by atoms with Crippen LogP contribution in [0.5, 0.6) is 0 Å². The zero-order valence-corrected chi connectivity index (χ0v) is 19.9. The summed E-state index contributed by atoms with van der Waals surface area (Å²) in [6, 6.07) is 16.9. The average Bonchev–Trinajstić information content (AvgIpc) is 3.22. The van der Waals surface area contributed by atoms with E-state index in [-0.39, 0.29) is 5.91 Å². The van der Waals surface area contributed by atoms with Crippen LogP contribution in [-0.2, 0) is 11.3 Å². The maximum atomic E-state index is 12.8. The van der Waals surface area contributed by atoms with Crippen molar-refractivity contribution in [2.45, 2.75) is 43.1 Å². The molecular formula is C24H25ClN6OS. The lowest BCUT2D eigenvalue weighted by Crippen LogP contribution is -2.30. The highest BCUT2D eigenvalue weighted by Crippen LogP contribution is 2.28. The van der Waals surface area contributed by atoms with Crippen molar-refractivity contribution < 1.29 is 4.79 Å². The predicted molar refractivity (Wildman–Crippen MR) is 131 cm³/mol. The van der Waals surface area contributed by atoms with Crippen LogP contribution in [0.4, 0.5) is 5.69 Å². The van der Waals surface area contributed by atoms with Crippen LogP contribution >= 0.6 is 23.4 Å². The molecule has 4 rings (SSSR count). The van der Waals surface area contributed by atoms with Crippen molar-refractivity contribution in [2.75, 3.05) is 18.4 Å². The molecule has 1 saturated heterocycles. The van der Waals surface area contributed by atoms with Crippen LogP contribution in [0.3, 0.4) is 0 Å². The van der Waals surface area contributed by atoms with Crippen molar-refractivity contribution in [3.8, 4) is 11.8 Å². The van der Waals surface area contributed by atoms with Gasteiger partial charge in [0.15, 0.2) is 11.0 Å². The Morgan fingerprint density at radius 1 is 1.18 bits per heavy atom. The first-order chi connectivity index (χ1) is 16.0. The number of nitrogens with zero attached hydrogens (tertiary/aromatic N) is 5. The summed E-state index contributed by atoms with van der Waals surface area (Å²) >= 11 is 7.45. The number of rotatable bonds is 7. The van der Waals surface area contributed by atoms with Crippen molar-refractivity contribution in [2.24, 2.45) is 0 Å². The Morgan fingerprint density at radius 3 is 2.64 bits per heavy atom. The second-order valence-electron chi connectivity index (χ2n) is 7.96. The van der Waals surface area contributed by atoms with Crippen LogP contribution in [0.2, 0.25) is 5.02 Å². The number of amides is 1. The number of aromatic nitrogens is 3. The van der Waals surface area contributed by atoms with E-state index in [0.717, 1.165) is 31.1 Å². The van der Waals surface area contributed by atoms with Crippen molar-refractivity contribution in [3.05, 3.63) is 64.9 Å². The second-order valence-corrected chi connectivity index (χ2v) is 9.68. The van der Waals surface area contributed by atoms with Gasteiger partial charge in [-0.3, -0.25) is 14.3 Å². The number of benzene rings is 2. The molecule has 1 atom stereocenters. The molecule has 1 N–H and O–H groups in total. The lowest BCUT2D eigenvalue weighted by Gasteiger charge is -2.26. The Balaban J connectivity index is 1.52. The summed E-state index contributed by atoms with van der Waals surface area (Å²) in [6.07, 6.45) is 3.69. The summed E-state index contributed by atoms with van der Waals surface area (Å²) in [6.45, 7) is 4.69. The number of anilines is 1. The fraction of sp³-hybridized carbons (Fsp3) is 0.333. The molecule has 7 nitrogen and oxygen atoms in total. The molecule has 33 heavy (non-hydrogen) atoms. The first-order valence-corrected chi connectivity index (χ1v) is 12.2. The largest absolute Gasteiger partial charge is 0.325 e. The van der Waals surface area contributed by atoms with Gasteiger partial charge in [0.05, 0.1) is 22.4 Å². The van der Waals surface area contributed by atoms with E-state index in [0.29, 0.717) is 21.4 Å². The van der Waals surface area contributed by atoms with Crippen LogP contribution in [0.1, 0.15) is 37.6 Å². The first kappa shape index (κ1) is 23.3. The van der Waals surface area contributed by atoms with Crippen molar-refractivity contribution in [3.63, 3.8) is 0 Å². The summed E-state index contributed by atoms with van der Waals surface area (Å²) in [5.74, 6) is 0.693. The summed E-state index contributed by atoms with van der Waals surface area (Å²) in [7, 11) is 0. The van der Waals surface area contributed by atoms with Gasteiger partial charge in [-0.15, -0.1) is 10.2 Å². The van der Waals surface area contributed by atoms with E-state index in [1.165, 1.54) is 31.0 Å². The molecule has 1 amide bonds. The molecule has 0 spiro atoms. The molecule has 1 aliphatic heterocycles. The van der Waals surface area contributed by atoms with E-state index < -0.39 is 5.25 Å². The number of thioether (sulfide) groups is 1. The second kappa shape index (κ2) is 10.8. The fourth-order valence-corrected chi connectivity index (χ4v) is 4.88. The number of hydrogen-bond acceptors (Lipinski definition) is 6. The third kappa shape index (κ3) is 5.74. The van der Waals surface area contributed by atoms with Gasteiger partial charge >= 0.3 is 0 Å². The Morgan fingerprint density at radius 2 is 1.94 bits per heavy atom. The molecule has 1 unspecified atom stereocenters. The standard InChI is InChI=1S/C24H25ClN6OS/c1-17(23(32)27-19-11-10-18(15-26)21(25)14-19)33-24-29-28-22(16-30-12-6-3-7-13-30)31(24)20-8-4-2-5-9-20/h2,4-5,8-11,14,17H,3,6-7,12-13,16H2,1H3,(H,27,32). The molecule has 9 heteroatoms. The number of hydrogen-bond donors (Lipinski definition) is 1. The van der Waals surface area contributed by atoms with Gasteiger partial charge < -0.3 is 5.32 Å². The lowest BCUT2D eigenvalue weighted by molar-refractivity contribution is -0.115. The number of para-hydroxylation sites is 1. The molecule has 2 heterocycles.